The lowest BCUT2D eigenvalue weighted by molar-refractivity contribution is -0.137. The summed E-state index contributed by atoms with van der Waals surface area (Å²) >= 11 is 0. The summed E-state index contributed by atoms with van der Waals surface area (Å²) in [7, 11) is 2.41. The van der Waals surface area contributed by atoms with Crippen molar-refractivity contribution < 1.29 is 38.9 Å². The molecule has 2 aliphatic heterocycles. The number of likely N-dealkylation sites (tertiary alicyclic amines) is 2. The zero-order valence-electron chi connectivity index (χ0n) is 32.8. The maximum absolute atomic E-state index is 13.4. The van der Waals surface area contributed by atoms with Gasteiger partial charge in [0.2, 0.25) is 11.8 Å². The fraction of sp³-hybridized carbons (Fsp3) is 0.381. The van der Waals surface area contributed by atoms with Crippen LogP contribution in [0.3, 0.4) is 0 Å². The largest absolute Gasteiger partial charge is 0.453 e. The second-order valence-corrected chi connectivity index (χ2v) is 14.8. The number of aliphatic hydroxyl groups excluding tert-OH is 2. The number of methoxy groups -OCH3 is 2. The number of H-pyrrole nitrogens is 2. The van der Waals surface area contributed by atoms with E-state index >= 15 is 0 Å². The number of fused-ring (bicyclic) bond motifs is 1. The van der Waals surface area contributed by atoms with Crippen molar-refractivity contribution in [3.05, 3.63) is 84.7 Å². The van der Waals surface area contributed by atoms with E-state index in [9.17, 15) is 29.4 Å². The molecule has 0 unspecified atom stereocenters. The van der Waals surface area contributed by atoms with E-state index in [-0.39, 0.29) is 12.1 Å². The lowest BCUT2D eigenvalue weighted by atomic mass is 9.98. The van der Waals surface area contributed by atoms with Crippen LogP contribution in [0.1, 0.15) is 63.3 Å². The highest BCUT2D eigenvalue weighted by atomic mass is 16.5. The third kappa shape index (κ3) is 8.24. The predicted octanol–water partition coefficient (Wildman–Crippen LogP) is 4.82. The lowest BCUT2D eigenvalue weighted by Crippen LogP contribution is -2.53. The van der Waals surface area contributed by atoms with Crippen LogP contribution in [0.25, 0.3) is 44.4 Å². The summed E-state index contributed by atoms with van der Waals surface area (Å²) in [4.78, 5) is 69.8. The Morgan fingerprint density at radius 3 is 1.53 bits per heavy atom. The maximum atomic E-state index is 13.4. The topological polar surface area (TPSA) is 215 Å². The van der Waals surface area contributed by atoms with E-state index in [1.54, 1.807) is 22.2 Å². The first-order chi connectivity index (χ1) is 27.9. The molecule has 304 valence electrons. The van der Waals surface area contributed by atoms with Gasteiger partial charge in [0.25, 0.3) is 0 Å². The highest BCUT2D eigenvalue weighted by Gasteiger charge is 2.39. The number of nitrogens with zero attached hydrogens (tertiary/aromatic N) is 4. The molecule has 2 aliphatic rings. The van der Waals surface area contributed by atoms with Gasteiger partial charge in [0.05, 0.1) is 62.3 Å². The van der Waals surface area contributed by atoms with Gasteiger partial charge >= 0.3 is 12.2 Å². The Morgan fingerprint density at radius 2 is 1.07 bits per heavy atom. The second-order valence-electron chi connectivity index (χ2n) is 14.8. The third-order valence-electron chi connectivity index (χ3n) is 11.0. The molecule has 0 radical (unpaired) electrons. The average molecular weight is 793 g/mol. The molecule has 0 aliphatic carbocycles. The zero-order valence-corrected chi connectivity index (χ0v) is 32.8. The first-order valence-corrected chi connectivity index (χ1v) is 19.4. The van der Waals surface area contributed by atoms with Crippen LogP contribution in [0, 0.1) is 0 Å². The van der Waals surface area contributed by atoms with E-state index in [4.69, 9.17) is 0 Å². The van der Waals surface area contributed by atoms with Gasteiger partial charge in [0.1, 0.15) is 23.7 Å². The molecular formula is C42H48N8O8. The Balaban J connectivity index is 1.02. The van der Waals surface area contributed by atoms with E-state index in [0.717, 1.165) is 57.3 Å². The molecule has 2 fully saturated rings. The minimum atomic E-state index is -1.14. The minimum Gasteiger partial charge on any atom is -0.453 e. The highest BCUT2D eigenvalue weighted by Crippen LogP contribution is 2.35. The number of benzene rings is 3. The second kappa shape index (κ2) is 17.1. The molecule has 0 saturated carbocycles. The Kier molecular flexibility index (Phi) is 11.8. The monoisotopic (exact) mass is 792 g/mol. The summed E-state index contributed by atoms with van der Waals surface area (Å²) < 4.78 is 9.30. The number of imidazole rings is 2. The number of rotatable bonds is 11. The van der Waals surface area contributed by atoms with E-state index in [1.165, 1.54) is 28.1 Å². The fourth-order valence-electron chi connectivity index (χ4n) is 7.88. The van der Waals surface area contributed by atoms with Gasteiger partial charge in [-0.05, 0) is 79.1 Å². The number of alkyl carbamates (subject to hydrolysis) is 2. The van der Waals surface area contributed by atoms with Crippen LogP contribution < -0.4 is 10.6 Å². The highest BCUT2D eigenvalue weighted by molar-refractivity contribution is 5.91. The Bertz CT molecular complexity index is 2290. The number of aromatic amines is 2. The standard InChI is InChI=1S/C42H48N8O8/c1-23(51)35(47-41(55)57-3)39(53)49-17-5-7-33(49)37-43-21-31(45-37)26-11-9-25(10-12-26)27-13-14-29-20-30(16-15-28(29)19-27)32-22-44-38(46-32)34-8-6-18-50(34)40(54)36(24(2)52)48-42(56)58-4/h9-16,19-24,33-36,51-52H,5-8,17-18H2,1-4H3,(H,43,45)(H,44,46)(H,47,55)(H,48,56)/t23-,24-,33+,34+,35+,36+/m1/s1. The number of hydrogen-bond donors (Lipinski definition) is 6. The summed E-state index contributed by atoms with van der Waals surface area (Å²) in [6.07, 6.45) is 2.63. The number of carbonyl (C=O) groups excluding carboxylic acids is 4. The van der Waals surface area contributed by atoms with Crippen molar-refractivity contribution in [1.29, 1.82) is 0 Å². The molecule has 2 aromatic heterocycles. The van der Waals surface area contributed by atoms with Gasteiger partial charge in [-0.25, -0.2) is 19.6 Å². The van der Waals surface area contributed by atoms with Crippen LogP contribution in [0.5, 0.6) is 0 Å². The van der Waals surface area contributed by atoms with Gasteiger partial charge in [-0.15, -0.1) is 0 Å². The zero-order chi connectivity index (χ0) is 41.1. The predicted molar refractivity (Wildman–Crippen MR) is 214 cm³/mol. The third-order valence-corrected chi connectivity index (χ3v) is 11.0. The smallest absolute Gasteiger partial charge is 0.407 e. The maximum Gasteiger partial charge on any atom is 0.407 e. The van der Waals surface area contributed by atoms with Crippen molar-refractivity contribution >= 4 is 34.8 Å². The van der Waals surface area contributed by atoms with Crippen molar-refractivity contribution in [2.45, 2.75) is 75.9 Å². The van der Waals surface area contributed by atoms with E-state index in [0.29, 0.717) is 37.6 Å². The molecule has 6 N–H and O–H groups in total. The molecule has 6 atom stereocenters. The minimum absolute atomic E-state index is 0.323. The van der Waals surface area contributed by atoms with Crippen LogP contribution in [-0.2, 0) is 19.1 Å². The molecule has 16 nitrogen and oxygen atoms in total. The summed E-state index contributed by atoms with van der Waals surface area (Å²) in [6.45, 7) is 3.86. The molecule has 4 amide bonds. The Labute approximate surface area is 335 Å². The fourth-order valence-corrected chi connectivity index (χ4v) is 7.88. The SMILES string of the molecule is COC(=O)N[C@H](C(=O)N1CCC[C@H]1c1ncc(-c2ccc(-c3ccc4cc(-c5cnc([C@@H]6CCCN6C(=O)[C@@H](NC(=O)OC)[C@@H](C)O)[nH]5)ccc4c3)cc2)[nH]1)[C@@H](C)O. The molecule has 7 rings (SSSR count). The molecule has 0 spiro atoms. The number of ether oxygens (including phenoxy) is 2. The molecule has 16 heteroatoms. The van der Waals surface area contributed by atoms with Gasteiger partial charge in [-0.1, -0.05) is 48.5 Å². The number of carbonyl (C=O) groups is 4. The molecule has 58 heavy (non-hydrogen) atoms. The number of aliphatic hydroxyl groups is 2. The Hall–Kier alpha value is -6.26. The van der Waals surface area contributed by atoms with Gasteiger partial charge in [-0.2, -0.15) is 0 Å². The van der Waals surface area contributed by atoms with Crippen molar-refractivity contribution in [1.82, 2.24) is 40.4 Å². The quantitative estimate of drug-likeness (QED) is 0.107. The van der Waals surface area contributed by atoms with E-state index in [1.807, 2.05) is 18.2 Å². The number of nitrogens with one attached hydrogen (secondary N) is 4. The summed E-state index contributed by atoms with van der Waals surface area (Å²) in [5, 5.41) is 27.5. The van der Waals surface area contributed by atoms with Crippen LogP contribution >= 0.6 is 0 Å². The van der Waals surface area contributed by atoms with E-state index in [2.05, 4.69) is 82.5 Å². The van der Waals surface area contributed by atoms with Gasteiger partial charge in [-0.3, -0.25) is 9.59 Å². The molecule has 2 saturated heterocycles. The summed E-state index contributed by atoms with van der Waals surface area (Å²) in [5.41, 5.74) is 5.58. The molecular weight excluding hydrogens is 745 g/mol. The van der Waals surface area contributed by atoms with Gasteiger partial charge < -0.3 is 50.1 Å². The molecule has 4 heterocycles. The summed E-state index contributed by atoms with van der Waals surface area (Å²) in [6, 6.07) is 17.7. The first-order valence-electron chi connectivity index (χ1n) is 19.4. The normalized spacial score (nSPS) is 18.7. The van der Waals surface area contributed by atoms with Crippen LogP contribution in [0.15, 0.2) is 73.1 Å². The number of amides is 4. The molecule has 0 bridgehead atoms. The molecule has 5 aromatic rings. The van der Waals surface area contributed by atoms with Gasteiger partial charge in [0, 0.05) is 18.7 Å². The van der Waals surface area contributed by atoms with Crippen molar-refractivity contribution in [2.24, 2.45) is 0 Å². The number of aromatic nitrogens is 4. The first kappa shape index (κ1) is 40.0. The molecule has 3 aromatic carbocycles. The lowest BCUT2D eigenvalue weighted by Gasteiger charge is -2.29. The summed E-state index contributed by atoms with van der Waals surface area (Å²) in [5.74, 6) is 0.489. The van der Waals surface area contributed by atoms with E-state index < -0.39 is 48.3 Å². The van der Waals surface area contributed by atoms with Crippen molar-refractivity contribution in [3.63, 3.8) is 0 Å². The van der Waals surface area contributed by atoms with Crippen LogP contribution in [-0.4, -0.2) is 116 Å². The van der Waals surface area contributed by atoms with Crippen LogP contribution in [0.4, 0.5) is 9.59 Å². The number of hydrogen-bond acceptors (Lipinski definition) is 10. The van der Waals surface area contributed by atoms with Crippen LogP contribution in [0.2, 0.25) is 0 Å². The average Bonchev–Trinajstić information content (AvgIpc) is 4.07. The Morgan fingerprint density at radius 1 is 0.655 bits per heavy atom. The van der Waals surface area contributed by atoms with Crippen molar-refractivity contribution in [3.8, 4) is 33.6 Å². The van der Waals surface area contributed by atoms with Crippen molar-refractivity contribution in [2.75, 3.05) is 27.3 Å². The van der Waals surface area contributed by atoms with Gasteiger partial charge in [0.15, 0.2) is 0 Å².